The summed E-state index contributed by atoms with van der Waals surface area (Å²) in [5, 5.41) is 2.51. The molecule has 0 radical (unpaired) electrons. The third-order valence-electron chi connectivity index (χ3n) is 2.55. The summed E-state index contributed by atoms with van der Waals surface area (Å²) in [4.78, 5) is 20.1. The zero-order chi connectivity index (χ0) is 13.8. The molecule has 0 aliphatic heterocycles. The van der Waals surface area contributed by atoms with Crippen LogP contribution in [0.5, 0.6) is 5.88 Å². The SMILES string of the molecule is CCOC(=O)Nc1nc2cccc(C)c2nc1OC. The van der Waals surface area contributed by atoms with E-state index in [0.29, 0.717) is 5.52 Å². The molecule has 0 aliphatic rings. The van der Waals surface area contributed by atoms with Crippen LogP contribution in [0.3, 0.4) is 0 Å². The van der Waals surface area contributed by atoms with Gasteiger partial charge in [0, 0.05) is 0 Å². The number of nitrogens with one attached hydrogen (secondary N) is 1. The van der Waals surface area contributed by atoms with Gasteiger partial charge >= 0.3 is 6.09 Å². The zero-order valence-corrected chi connectivity index (χ0v) is 11.1. The molecule has 19 heavy (non-hydrogen) atoms. The fraction of sp³-hybridized carbons (Fsp3) is 0.308. The molecule has 6 heteroatoms. The third kappa shape index (κ3) is 2.73. The summed E-state index contributed by atoms with van der Waals surface area (Å²) in [5.74, 6) is 0.508. The van der Waals surface area contributed by atoms with Crippen LogP contribution in [-0.2, 0) is 4.74 Å². The molecule has 0 spiro atoms. The van der Waals surface area contributed by atoms with E-state index >= 15 is 0 Å². The van der Waals surface area contributed by atoms with E-state index < -0.39 is 6.09 Å². The number of rotatable bonds is 3. The maximum absolute atomic E-state index is 11.4. The number of methoxy groups -OCH3 is 1. The Bertz CT molecular complexity index is 613. The van der Waals surface area contributed by atoms with Gasteiger partial charge in [-0.05, 0) is 25.5 Å². The molecule has 1 N–H and O–H groups in total. The van der Waals surface area contributed by atoms with Crippen LogP contribution < -0.4 is 10.1 Å². The van der Waals surface area contributed by atoms with Gasteiger partial charge in [-0.1, -0.05) is 12.1 Å². The van der Waals surface area contributed by atoms with E-state index in [1.54, 1.807) is 6.92 Å². The normalized spacial score (nSPS) is 10.3. The molecule has 0 bridgehead atoms. The maximum Gasteiger partial charge on any atom is 0.412 e. The second kappa shape index (κ2) is 5.51. The van der Waals surface area contributed by atoms with Gasteiger partial charge in [0.2, 0.25) is 0 Å². The highest BCUT2D eigenvalue weighted by atomic mass is 16.5. The molecule has 1 aromatic carbocycles. The Morgan fingerprint density at radius 1 is 1.37 bits per heavy atom. The zero-order valence-electron chi connectivity index (χ0n) is 11.1. The van der Waals surface area contributed by atoms with E-state index in [1.807, 2.05) is 25.1 Å². The average molecular weight is 261 g/mol. The number of hydrogen-bond acceptors (Lipinski definition) is 5. The summed E-state index contributed by atoms with van der Waals surface area (Å²) in [6.07, 6.45) is -0.581. The molecule has 0 saturated heterocycles. The number of aryl methyl sites for hydroxylation is 1. The first-order valence-electron chi connectivity index (χ1n) is 5.90. The maximum atomic E-state index is 11.4. The highest BCUT2D eigenvalue weighted by Gasteiger charge is 2.13. The van der Waals surface area contributed by atoms with Crippen LogP contribution in [0.2, 0.25) is 0 Å². The van der Waals surface area contributed by atoms with E-state index in [-0.39, 0.29) is 18.3 Å². The Balaban J connectivity index is 2.45. The number of aromatic nitrogens is 2. The summed E-state index contributed by atoms with van der Waals surface area (Å²) in [6, 6.07) is 5.65. The van der Waals surface area contributed by atoms with E-state index in [4.69, 9.17) is 9.47 Å². The lowest BCUT2D eigenvalue weighted by atomic mass is 10.2. The molecule has 100 valence electrons. The van der Waals surface area contributed by atoms with Crippen LogP contribution in [-0.4, -0.2) is 29.8 Å². The van der Waals surface area contributed by atoms with Crippen molar-refractivity contribution in [3.63, 3.8) is 0 Å². The highest BCUT2D eigenvalue weighted by molar-refractivity contribution is 5.88. The van der Waals surface area contributed by atoms with Gasteiger partial charge in [0.05, 0.1) is 24.8 Å². The first-order chi connectivity index (χ1) is 9.15. The van der Waals surface area contributed by atoms with Gasteiger partial charge in [0.25, 0.3) is 5.88 Å². The number of para-hydroxylation sites is 1. The lowest BCUT2D eigenvalue weighted by Crippen LogP contribution is -2.15. The Kier molecular flexibility index (Phi) is 3.79. The summed E-state index contributed by atoms with van der Waals surface area (Å²) in [5.41, 5.74) is 2.42. The van der Waals surface area contributed by atoms with Crippen molar-refractivity contribution in [2.45, 2.75) is 13.8 Å². The highest BCUT2D eigenvalue weighted by Crippen LogP contribution is 2.24. The molecule has 1 heterocycles. The summed E-state index contributed by atoms with van der Waals surface area (Å²) in [7, 11) is 1.48. The molecule has 0 unspecified atom stereocenters. The number of anilines is 1. The lowest BCUT2D eigenvalue weighted by Gasteiger charge is -2.10. The van der Waals surface area contributed by atoms with Gasteiger partial charge in [0.15, 0.2) is 5.82 Å². The van der Waals surface area contributed by atoms with E-state index in [0.717, 1.165) is 11.1 Å². The van der Waals surface area contributed by atoms with Crippen molar-refractivity contribution < 1.29 is 14.3 Å². The fourth-order valence-electron chi connectivity index (χ4n) is 1.69. The Hall–Kier alpha value is -2.37. The van der Waals surface area contributed by atoms with Crippen molar-refractivity contribution in [3.8, 4) is 5.88 Å². The van der Waals surface area contributed by atoms with E-state index in [2.05, 4.69) is 15.3 Å². The van der Waals surface area contributed by atoms with Crippen LogP contribution in [0, 0.1) is 6.92 Å². The van der Waals surface area contributed by atoms with Gasteiger partial charge in [-0.25, -0.2) is 14.8 Å². The molecule has 2 rings (SSSR count). The number of benzene rings is 1. The van der Waals surface area contributed by atoms with Crippen molar-refractivity contribution in [1.82, 2.24) is 9.97 Å². The lowest BCUT2D eigenvalue weighted by molar-refractivity contribution is 0.167. The third-order valence-corrected chi connectivity index (χ3v) is 2.55. The number of fused-ring (bicyclic) bond motifs is 1. The van der Waals surface area contributed by atoms with Crippen molar-refractivity contribution in [2.24, 2.45) is 0 Å². The quantitative estimate of drug-likeness (QED) is 0.919. The molecule has 0 saturated carbocycles. The fourth-order valence-corrected chi connectivity index (χ4v) is 1.69. The van der Waals surface area contributed by atoms with E-state index in [1.165, 1.54) is 7.11 Å². The topological polar surface area (TPSA) is 73.3 Å². The molecule has 1 amide bonds. The van der Waals surface area contributed by atoms with Crippen LogP contribution in [0.15, 0.2) is 18.2 Å². The summed E-state index contributed by atoms with van der Waals surface area (Å²) >= 11 is 0. The molecule has 0 atom stereocenters. The van der Waals surface area contributed by atoms with Crippen molar-refractivity contribution in [1.29, 1.82) is 0 Å². The van der Waals surface area contributed by atoms with Crippen LogP contribution >= 0.6 is 0 Å². The van der Waals surface area contributed by atoms with Gasteiger partial charge in [0.1, 0.15) is 0 Å². The first kappa shape index (κ1) is 13.1. The first-order valence-corrected chi connectivity index (χ1v) is 5.90. The molecule has 0 aliphatic carbocycles. The number of carbonyl (C=O) groups is 1. The number of amides is 1. The predicted octanol–water partition coefficient (Wildman–Crippen LogP) is 2.52. The van der Waals surface area contributed by atoms with E-state index in [9.17, 15) is 4.79 Å². The van der Waals surface area contributed by atoms with Gasteiger partial charge in [-0.3, -0.25) is 5.32 Å². The van der Waals surface area contributed by atoms with Crippen LogP contribution in [0.25, 0.3) is 11.0 Å². The van der Waals surface area contributed by atoms with Gasteiger partial charge in [-0.2, -0.15) is 0 Å². The molecular formula is C13H15N3O3. The molecule has 0 fully saturated rings. The number of carbonyl (C=O) groups excluding carboxylic acids is 1. The molecule has 2 aromatic rings. The largest absolute Gasteiger partial charge is 0.478 e. The average Bonchev–Trinajstić information content (AvgIpc) is 2.38. The number of hydrogen-bond donors (Lipinski definition) is 1. The van der Waals surface area contributed by atoms with Crippen LogP contribution in [0.1, 0.15) is 12.5 Å². The van der Waals surface area contributed by atoms with Crippen molar-refractivity contribution in [2.75, 3.05) is 19.0 Å². The Morgan fingerprint density at radius 3 is 2.84 bits per heavy atom. The van der Waals surface area contributed by atoms with Crippen molar-refractivity contribution >= 4 is 22.9 Å². The predicted molar refractivity (Wildman–Crippen MR) is 71.5 cm³/mol. The summed E-state index contributed by atoms with van der Waals surface area (Å²) in [6.45, 7) is 3.95. The monoisotopic (exact) mass is 261 g/mol. The number of ether oxygens (including phenoxy) is 2. The molecular weight excluding hydrogens is 246 g/mol. The van der Waals surface area contributed by atoms with Crippen molar-refractivity contribution in [3.05, 3.63) is 23.8 Å². The molecule has 1 aromatic heterocycles. The minimum atomic E-state index is -0.581. The molecule has 6 nitrogen and oxygen atoms in total. The summed E-state index contributed by atoms with van der Waals surface area (Å²) < 4.78 is 9.95. The van der Waals surface area contributed by atoms with Gasteiger partial charge < -0.3 is 9.47 Å². The smallest absolute Gasteiger partial charge is 0.412 e. The minimum Gasteiger partial charge on any atom is -0.478 e. The Labute approximate surface area is 110 Å². The second-order valence-corrected chi connectivity index (χ2v) is 3.87. The van der Waals surface area contributed by atoms with Crippen LogP contribution in [0.4, 0.5) is 10.6 Å². The standard InChI is InChI=1S/C13H15N3O3/c1-4-19-13(17)16-11-12(18-3)15-10-8(2)6-5-7-9(10)14-11/h5-7H,4H2,1-3H3,(H,14,16,17). The number of nitrogens with zero attached hydrogens (tertiary/aromatic N) is 2. The minimum absolute atomic E-state index is 0.249. The second-order valence-electron chi connectivity index (χ2n) is 3.87. The Morgan fingerprint density at radius 2 is 2.16 bits per heavy atom. The van der Waals surface area contributed by atoms with Gasteiger partial charge in [-0.15, -0.1) is 0 Å².